The van der Waals surface area contributed by atoms with Crippen LogP contribution < -0.4 is 0 Å². The van der Waals surface area contributed by atoms with E-state index in [-0.39, 0.29) is 23.4 Å². The summed E-state index contributed by atoms with van der Waals surface area (Å²) in [5, 5.41) is 0. The van der Waals surface area contributed by atoms with Crippen LogP contribution in [0.1, 0.15) is 49.0 Å². The summed E-state index contributed by atoms with van der Waals surface area (Å²) in [7, 11) is 0. The van der Waals surface area contributed by atoms with Crippen molar-refractivity contribution < 1.29 is 18.3 Å². The summed E-state index contributed by atoms with van der Waals surface area (Å²) in [6, 6.07) is 11.5. The maximum Gasteiger partial charge on any atom is 0.140 e. The van der Waals surface area contributed by atoms with Crippen LogP contribution >= 0.6 is 0 Å². The number of halogens is 2. The van der Waals surface area contributed by atoms with Crippen molar-refractivity contribution >= 4 is 5.78 Å². The van der Waals surface area contributed by atoms with Gasteiger partial charge in [0, 0.05) is 30.9 Å². The molecule has 2 unspecified atom stereocenters. The van der Waals surface area contributed by atoms with E-state index in [9.17, 15) is 13.6 Å². The molecule has 0 fully saturated rings. The highest BCUT2D eigenvalue weighted by atomic mass is 19.1. The Morgan fingerprint density at radius 1 is 1.24 bits per heavy atom. The zero-order chi connectivity index (χ0) is 18.0. The standard InChI is InChI=1S/C21H22F2O2/c1-3-25-21-15(10-14-6-4-5-7-18(14)21)11-20(24)13(2)17-9-8-16(22)12-19(17)23/h4-9,12-13,15,21H,3,10-11H2,1-2H3/t13-,15?,21?/m0/s1. The van der Waals surface area contributed by atoms with Crippen LogP contribution in [0.25, 0.3) is 0 Å². The number of carbonyl (C=O) groups excluding carboxylic acids is 1. The normalized spacial score (nSPS) is 20.3. The van der Waals surface area contributed by atoms with Crippen LogP contribution in [-0.2, 0) is 16.0 Å². The molecule has 0 amide bonds. The molecule has 2 aromatic carbocycles. The van der Waals surface area contributed by atoms with Crippen molar-refractivity contribution in [3.63, 3.8) is 0 Å². The Morgan fingerprint density at radius 2 is 2.00 bits per heavy atom. The van der Waals surface area contributed by atoms with Crippen molar-refractivity contribution in [2.45, 2.75) is 38.7 Å². The Morgan fingerprint density at radius 3 is 2.72 bits per heavy atom. The van der Waals surface area contributed by atoms with Gasteiger partial charge in [0.15, 0.2) is 0 Å². The second-order valence-corrected chi connectivity index (χ2v) is 6.60. The van der Waals surface area contributed by atoms with Gasteiger partial charge in [0.2, 0.25) is 0 Å². The lowest BCUT2D eigenvalue weighted by Crippen LogP contribution is -2.20. The summed E-state index contributed by atoms with van der Waals surface area (Å²) in [6.45, 7) is 4.19. The monoisotopic (exact) mass is 344 g/mol. The fraction of sp³-hybridized carbons (Fsp3) is 0.381. The molecule has 4 heteroatoms. The molecule has 0 bridgehead atoms. The van der Waals surface area contributed by atoms with Crippen LogP contribution in [0.5, 0.6) is 0 Å². The Labute approximate surface area is 146 Å². The number of ether oxygens (including phenoxy) is 1. The lowest BCUT2D eigenvalue weighted by molar-refractivity contribution is -0.122. The fourth-order valence-electron chi connectivity index (χ4n) is 3.69. The molecule has 0 aromatic heterocycles. The van der Waals surface area contributed by atoms with Crippen LogP contribution in [-0.4, -0.2) is 12.4 Å². The zero-order valence-electron chi connectivity index (χ0n) is 14.5. The van der Waals surface area contributed by atoms with Gasteiger partial charge in [0.1, 0.15) is 17.4 Å². The fourth-order valence-corrected chi connectivity index (χ4v) is 3.69. The van der Waals surface area contributed by atoms with Crippen LogP contribution in [0.15, 0.2) is 42.5 Å². The summed E-state index contributed by atoms with van der Waals surface area (Å²) in [5.74, 6) is -1.91. The number of rotatable bonds is 6. The van der Waals surface area contributed by atoms with Gasteiger partial charge in [0.05, 0.1) is 6.10 Å². The van der Waals surface area contributed by atoms with E-state index in [4.69, 9.17) is 4.74 Å². The van der Waals surface area contributed by atoms with E-state index in [1.54, 1.807) is 6.92 Å². The number of hydrogen-bond donors (Lipinski definition) is 0. The lowest BCUT2D eigenvalue weighted by atomic mass is 9.88. The number of hydrogen-bond acceptors (Lipinski definition) is 2. The van der Waals surface area contributed by atoms with Gasteiger partial charge in [-0.25, -0.2) is 8.78 Å². The second-order valence-electron chi connectivity index (χ2n) is 6.60. The topological polar surface area (TPSA) is 26.3 Å². The van der Waals surface area contributed by atoms with E-state index >= 15 is 0 Å². The number of benzene rings is 2. The maximum absolute atomic E-state index is 14.0. The molecule has 0 N–H and O–H groups in total. The molecule has 1 aliphatic carbocycles. The van der Waals surface area contributed by atoms with E-state index in [2.05, 4.69) is 6.07 Å². The Bertz CT molecular complexity index is 772. The maximum atomic E-state index is 14.0. The minimum Gasteiger partial charge on any atom is -0.373 e. The van der Waals surface area contributed by atoms with E-state index < -0.39 is 17.6 Å². The zero-order valence-corrected chi connectivity index (χ0v) is 14.5. The average Bonchev–Trinajstić information content (AvgIpc) is 2.92. The van der Waals surface area contributed by atoms with Crippen molar-refractivity contribution in [1.82, 2.24) is 0 Å². The van der Waals surface area contributed by atoms with Crippen molar-refractivity contribution in [3.05, 3.63) is 70.8 Å². The number of Topliss-reactive ketones (excluding diaryl/α,β-unsaturated/α-hetero) is 1. The largest absolute Gasteiger partial charge is 0.373 e. The smallest absolute Gasteiger partial charge is 0.140 e. The molecule has 1 aliphatic rings. The quantitative estimate of drug-likeness (QED) is 0.739. The minimum atomic E-state index is -0.670. The first kappa shape index (κ1) is 17.7. The summed E-state index contributed by atoms with van der Waals surface area (Å²) < 4.78 is 32.9. The van der Waals surface area contributed by atoms with Crippen molar-refractivity contribution in [1.29, 1.82) is 0 Å². The molecule has 3 atom stereocenters. The van der Waals surface area contributed by atoms with E-state index in [0.717, 1.165) is 18.1 Å². The SMILES string of the molecule is CCOC1c2ccccc2CC1CC(=O)[C@@H](C)c1ccc(F)cc1F. The van der Waals surface area contributed by atoms with Gasteiger partial charge in [-0.3, -0.25) is 4.79 Å². The van der Waals surface area contributed by atoms with E-state index in [0.29, 0.717) is 13.0 Å². The van der Waals surface area contributed by atoms with Gasteiger partial charge in [-0.05, 0) is 36.1 Å². The molecule has 0 radical (unpaired) electrons. The molecule has 2 aromatic rings. The molecule has 0 heterocycles. The van der Waals surface area contributed by atoms with Crippen molar-refractivity contribution in [3.8, 4) is 0 Å². The first-order chi connectivity index (χ1) is 12.0. The first-order valence-corrected chi connectivity index (χ1v) is 8.68. The third-order valence-electron chi connectivity index (χ3n) is 4.99. The molecule has 0 aliphatic heterocycles. The van der Waals surface area contributed by atoms with Crippen LogP contribution in [0.3, 0.4) is 0 Å². The molecular formula is C21H22F2O2. The summed E-state index contributed by atoms with van der Waals surface area (Å²) >= 11 is 0. The lowest BCUT2D eigenvalue weighted by Gasteiger charge is -2.21. The van der Waals surface area contributed by atoms with Gasteiger partial charge in [0.25, 0.3) is 0 Å². The molecule has 2 nitrogen and oxygen atoms in total. The highest BCUT2D eigenvalue weighted by Crippen LogP contribution is 2.41. The highest BCUT2D eigenvalue weighted by Gasteiger charge is 2.35. The van der Waals surface area contributed by atoms with Crippen molar-refractivity contribution in [2.75, 3.05) is 6.61 Å². The first-order valence-electron chi connectivity index (χ1n) is 8.68. The molecule has 0 saturated heterocycles. The van der Waals surface area contributed by atoms with Gasteiger partial charge < -0.3 is 4.74 Å². The molecule has 132 valence electrons. The molecule has 3 rings (SSSR count). The predicted molar refractivity (Wildman–Crippen MR) is 92.4 cm³/mol. The minimum absolute atomic E-state index is 0.0481. The molecule has 0 spiro atoms. The van der Waals surface area contributed by atoms with Gasteiger partial charge >= 0.3 is 0 Å². The average molecular weight is 344 g/mol. The summed E-state index contributed by atoms with van der Waals surface area (Å²) in [5.41, 5.74) is 2.59. The van der Waals surface area contributed by atoms with E-state index in [1.807, 2.05) is 25.1 Å². The Balaban J connectivity index is 1.76. The molecule has 0 saturated carbocycles. The second kappa shape index (κ2) is 7.44. The summed E-state index contributed by atoms with van der Waals surface area (Å²) in [4.78, 5) is 12.7. The van der Waals surface area contributed by atoms with Gasteiger partial charge in [-0.15, -0.1) is 0 Å². The van der Waals surface area contributed by atoms with Gasteiger partial charge in [-0.1, -0.05) is 37.3 Å². The molecular weight excluding hydrogens is 322 g/mol. The summed E-state index contributed by atoms with van der Waals surface area (Å²) in [6.07, 6.45) is 0.998. The van der Waals surface area contributed by atoms with Gasteiger partial charge in [-0.2, -0.15) is 0 Å². The third-order valence-corrected chi connectivity index (χ3v) is 4.99. The van der Waals surface area contributed by atoms with Crippen LogP contribution in [0.2, 0.25) is 0 Å². The van der Waals surface area contributed by atoms with E-state index in [1.165, 1.54) is 17.7 Å². The predicted octanol–water partition coefficient (Wildman–Crippen LogP) is 4.98. The number of carbonyl (C=O) groups is 1. The van der Waals surface area contributed by atoms with Crippen LogP contribution in [0, 0.1) is 17.6 Å². The number of fused-ring (bicyclic) bond motifs is 1. The Hall–Kier alpha value is -2.07. The third kappa shape index (κ3) is 3.64. The van der Waals surface area contributed by atoms with Crippen LogP contribution in [0.4, 0.5) is 8.78 Å². The Kier molecular flexibility index (Phi) is 5.28. The highest BCUT2D eigenvalue weighted by molar-refractivity contribution is 5.85. The number of ketones is 1. The van der Waals surface area contributed by atoms with Crippen molar-refractivity contribution in [2.24, 2.45) is 5.92 Å². The molecule has 25 heavy (non-hydrogen) atoms.